The number of rotatable bonds is 7. The van der Waals surface area contributed by atoms with Gasteiger partial charge in [-0.1, -0.05) is 18.2 Å². The first-order valence-corrected chi connectivity index (χ1v) is 9.36. The van der Waals surface area contributed by atoms with Crippen molar-refractivity contribution < 1.29 is 9.53 Å². The fourth-order valence-electron chi connectivity index (χ4n) is 3.14. The molecule has 28 heavy (non-hydrogen) atoms. The van der Waals surface area contributed by atoms with Crippen LogP contribution in [0.5, 0.6) is 5.75 Å². The summed E-state index contributed by atoms with van der Waals surface area (Å²) in [4.78, 5) is 18.3. The second kappa shape index (κ2) is 8.69. The highest BCUT2D eigenvalue weighted by Crippen LogP contribution is 2.21. The third-order valence-corrected chi connectivity index (χ3v) is 4.81. The number of nitrogens with zero attached hydrogens (tertiary/aromatic N) is 4. The Labute approximate surface area is 165 Å². The highest BCUT2D eigenvalue weighted by atomic mass is 16.5. The number of hydrogen-bond donors (Lipinski definition) is 0. The van der Waals surface area contributed by atoms with E-state index in [2.05, 4.69) is 16.1 Å². The van der Waals surface area contributed by atoms with Gasteiger partial charge in [-0.2, -0.15) is 5.10 Å². The molecule has 2 aromatic carbocycles. The van der Waals surface area contributed by atoms with E-state index in [0.717, 1.165) is 28.1 Å². The maximum Gasteiger partial charge on any atom is 0.226 e. The molecular weight excluding hydrogens is 352 g/mol. The largest absolute Gasteiger partial charge is 0.493 e. The van der Waals surface area contributed by atoms with E-state index in [1.807, 2.05) is 64.2 Å². The lowest BCUT2D eigenvalue weighted by Crippen LogP contribution is -2.30. The van der Waals surface area contributed by atoms with Crippen molar-refractivity contribution in [1.29, 1.82) is 0 Å². The minimum Gasteiger partial charge on any atom is -0.493 e. The number of benzene rings is 2. The van der Waals surface area contributed by atoms with Crippen molar-refractivity contribution in [3.05, 3.63) is 71.8 Å². The number of carbonyl (C=O) groups is 1. The number of carbonyl (C=O) groups excluding carboxylic acids is 1. The number of ether oxygens (including phenoxy) is 1. The van der Waals surface area contributed by atoms with Crippen LogP contribution in [-0.2, 0) is 4.79 Å². The molecule has 0 aliphatic rings. The summed E-state index contributed by atoms with van der Waals surface area (Å²) in [5, 5.41) is 4.12. The summed E-state index contributed by atoms with van der Waals surface area (Å²) >= 11 is 0. The van der Waals surface area contributed by atoms with E-state index >= 15 is 0 Å². The lowest BCUT2D eigenvalue weighted by molar-refractivity contribution is -0.132. The molecule has 0 bridgehead atoms. The van der Waals surface area contributed by atoms with Crippen molar-refractivity contribution in [2.45, 2.75) is 33.2 Å². The number of aryl methyl sites for hydroxylation is 2. The Hall–Kier alpha value is -3.15. The van der Waals surface area contributed by atoms with E-state index in [1.54, 1.807) is 15.9 Å². The summed E-state index contributed by atoms with van der Waals surface area (Å²) in [6.07, 6.45) is 3.50. The molecule has 1 aromatic heterocycles. The van der Waals surface area contributed by atoms with Gasteiger partial charge in [-0.25, -0.2) is 9.67 Å². The fraction of sp³-hybridized carbons (Fsp3) is 0.318. The Bertz CT molecular complexity index is 900. The Morgan fingerprint density at radius 2 is 1.82 bits per heavy atom. The first-order valence-electron chi connectivity index (χ1n) is 9.36. The minimum atomic E-state index is -0.0292. The van der Waals surface area contributed by atoms with Crippen LogP contribution in [0.1, 0.15) is 36.1 Å². The van der Waals surface area contributed by atoms with Gasteiger partial charge in [-0.3, -0.25) is 4.79 Å². The quantitative estimate of drug-likeness (QED) is 0.626. The lowest BCUT2D eigenvalue weighted by Gasteiger charge is -2.25. The lowest BCUT2D eigenvalue weighted by atomic mass is 10.1. The van der Waals surface area contributed by atoms with Gasteiger partial charge in [0.05, 0.1) is 24.8 Å². The number of amides is 1. The molecule has 6 heteroatoms. The smallest absolute Gasteiger partial charge is 0.226 e. The zero-order valence-corrected chi connectivity index (χ0v) is 16.8. The molecular formula is C22H26N4O2. The van der Waals surface area contributed by atoms with E-state index in [0.29, 0.717) is 13.0 Å². The maximum absolute atomic E-state index is 12.6. The van der Waals surface area contributed by atoms with Crippen LogP contribution in [-0.4, -0.2) is 39.2 Å². The summed E-state index contributed by atoms with van der Waals surface area (Å²) in [6.45, 7) is 6.46. The van der Waals surface area contributed by atoms with Crippen LogP contribution in [0, 0.1) is 13.8 Å². The average molecular weight is 378 g/mol. The summed E-state index contributed by atoms with van der Waals surface area (Å²) in [5.41, 5.74) is 4.31. The first-order chi connectivity index (χ1) is 13.4. The molecule has 0 aliphatic heterocycles. The van der Waals surface area contributed by atoms with E-state index in [4.69, 9.17) is 4.74 Å². The van der Waals surface area contributed by atoms with Crippen LogP contribution >= 0.6 is 0 Å². The number of hydrogen-bond acceptors (Lipinski definition) is 4. The molecule has 0 spiro atoms. The van der Waals surface area contributed by atoms with Crippen LogP contribution in [0.2, 0.25) is 0 Å². The van der Waals surface area contributed by atoms with Gasteiger partial charge in [0.25, 0.3) is 0 Å². The van der Waals surface area contributed by atoms with E-state index in [9.17, 15) is 4.79 Å². The summed E-state index contributed by atoms with van der Waals surface area (Å²) in [7, 11) is 1.83. The van der Waals surface area contributed by atoms with Gasteiger partial charge in [-0.15, -0.1) is 0 Å². The van der Waals surface area contributed by atoms with Gasteiger partial charge in [0, 0.05) is 7.05 Å². The molecule has 1 amide bonds. The molecule has 1 atom stereocenters. The maximum atomic E-state index is 12.6. The molecule has 0 saturated heterocycles. The number of aromatic nitrogens is 3. The van der Waals surface area contributed by atoms with Crippen LogP contribution in [0.3, 0.4) is 0 Å². The van der Waals surface area contributed by atoms with E-state index in [-0.39, 0.29) is 11.9 Å². The summed E-state index contributed by atoms with van der Waals surface area (Å²) < 4.78 is 7.47. The third kappa shape index (κ3) is 4.76. The SMILES string of the molecule is Cc1cc(C)cc(OCCC(=O)N(C)C(C)c2ccc(-n3cncn3)cc2)c1. The van der Waals surface area contributed by atoms with Crippen LogP contribution in [0.4, 0.5) is 0 Å². The highest BCUT2D eigenvalue weighted by molar-refractivity contribution is 5.76. The van der Waals surface area contributed by atoms with Crippen LogP contribution in [0.15, 0.2) is 55.1 Å². The van der Waals surface area contributed by atoms with Crippen molar-refractivity contribution in [2.75, 3.05) is 13.7 Å². The molecule has 3 rings (SSSR count). The zero-order valence-electron chi connectivity index (χ0n) is 16.8. The van der Waals surface area contributed by atoms with Gasteiger partial charge in [0.15, 0.2) is 0 Å². The molecule has 0 aliphatic carbocycles. The van der Waals surface area contributed by atoms with Crippen molar-refractivity contribution in [2.24, 2.45) is 0 Å². The summed E-state index contributed by atoms with van der Waals surface area (Å²) in [5.74, 6) is 0.863. The Morgan fingerprint density at radius 3 is 2.43 bits per heavy atom. The normalized spacial score (nSPS) is 11.9. The Morgan fingerprint density at radius 1 is 1.14 bits per heavy atom. The van der Waals surface area contributed by atoms with E-state index in [1.165, 1.54) is 6.33 Å². The molecule has 0 N–H and O–H groups in total. The predicted molar refractivity (Wildman–Crippen MR) is 109 cm³/mol. The van der Waals surface area contributed by atoms with Gasteiger partial charge >= 0.3 is 0 Å². The zero-order chi connectivity index (χ0) is 20.1. The highest BCUT2D eigenvalue weighted by Gasteiger charge is 2.17. The fourth-order valence-corrected chi connectivity index (χ4v) is 3.14. The molecule has 1 heterocycles. The van der Waals surface area contributed by atoms with Crippen LogP contribution < -0.4 is 4.74 Å². The molecule has 6 nitrogen and oxygen atoms in total. The molecule has 0 saturated carbocycles. The molecule has 3 aromatic rings. The monoisotopic (exact) mass is 378 g/mol. The topological polar surface area (TPSA) is 60.2 Å². The second-order valence-corrected chi connectivity index (χ2v) is 7.03. The predicted octanol–water partition coefficient (Wildman–Crippen LogP) is 3.87. The summed E-state index contributed by atoms with van der Waals surface area (Å²) in [6, 6.07) is 14.0. The molecule has 0 fully saturated rings. The second-order valence-electron chi connectivity index (χ2n) is 7.03. The standard InChI is InChI=1S/C22H26N4O2/c1-16-11-17(2)13-21(12-16)28-10-9-22(27)25(4)18(3)19-5-7-20(8-6-19)26-15-23-14-24-26/h5-8,11-15,18H,9-10H2,1-4H3. The van der Waals surface area contributed by atoms with Crippen molar-refractivity contribution in [3.8, 4) is 11.4 Å². The van der Waals surface area contributed by atoms with Gasteiger partial charge in [-0.05, 0) is 61.7 Å². The van der Waals surface area contributed by atoms with Gasteiger partial charge in [0.2, 0.25) is 5.91 Å². The third-order valence-electron chi connectivity index (χ3n) is 4.81. The first kappa shape index (κ1) is 19.6. The van der Waals surface area contributed by atoms with Gasteiger partial charge < -0.3 is 9.64 Å². The minimum absolute atomic E-state index is 0.0292. The van der Waals surface area contributed by atoms with E-state index < -0.39 is 0 Å². The molecule has 0 radical (unpaired) electrons. The molecule has 146 valence electrons. The van der Waals surface area contributed by atoms with Crippen LogP contribution in [0.25, 0.3) is 5.69 Å². The van der Waals surface area contributed by atoms with Crippen molar-refractivity contribution >= 4 is 5.91 Å². The molecule has 1 unspecified atom stereocenters. The Kier molecular flexibility index (Phi) is 6.09. The average Bonchev–Trinajstić information content (AvgIpc) is 3.21. The van der Waals surface area contributed by atoms with Gasteiger partial charge in [0.1, 0.15) is 18.4 Å². The van der Waals surface area contributed by atoms with Crippen molar-refractivity contribution in [3.63, 3.8) is 0 Å². The Balaban J connectivity index is 1.55. The van der Waals surface area contributed by atoms with Crippen molar-refractivity contribution in [1.82, 2.24) is 19.7 Å².